The van der Waals surface area contributed by atoms with Crippen molar-refractivity contribution in [1.29, 1.82) is 0 Å². The molecule has 2 aliphatic rings. The van der Waals surface area contributed by atoms with Gasteiger partial charge in [0.15, 0.2) is 5.78 Å². The maximum absolute atomic E-state index is 12.2. The molecule has 0 bridgehead atoms. The molecule has 1 fully saturated rings. The summed E-state index contributed by atoms with van der Waals surface area (Å²) in [7, 11) is 0. The minimum Gasteiger partial charge on any atom is -0.362 e. The van der Waals surface area contributed by atoms with Crippen LogP contribution in [0.2, 0.25) is 0 Å². The average molecular weight is 402 g/mol. The number of ketones is 1. The molecule has 0 unspecified atom stereocenters. The summed E-state index contributed by atoms with van der Waals surface area (Å²) in [6.07, 6.45) is 1.14. The highest BCUT2D eigenvalue weighted by Crippen LogP contribution is 2.28. The Morgan fingerprint density at radius 3 is 2.50 bits per heavy atom. The van der Waals surface area contributed by atoms with Crippen molar-refractivity contribution in [2.24, 2.45) is 0 Å². The number of hydrogen-bond acceptors (Lipinski definition) is 6. The first kappa shape index (κ1) is 19.2. The van der Waals surface area contributed by atoms with Crippen LogP contribution in [0.5, 0.6) is 0 Å². The number of nitrogens with one attached hydrogen (secondary N) is 1. The Labute approximate surface area is 176 Å². The van der Waals surface area contributed by atoms with E-state index in [0.717, 1.165) is 73.8 Å². The van der Waals surface area contributed by atoms with Gasteiger partial charge in [0.1, 0.15) is 11.6 Å². The van der Waals surface area contributed by atoms with Gasteiger partial charge in [0.2, 0.25) is 0 Å². The Balaban J connectivity index is 1.28. The summed E-state index contributed by atoms with van der Waals surface area (Å²) < 4.78 is 0. The van der Waals surface area contributed by atoms with E-state index in [1.165, 1.54) is 11.1 Å². The van der Waals surface area contributed by atoms with Crippen molar-refractivity contribution in [3.05, 3.63) is 65.0 Å². The van der Waals surface area contributed by atoms with Crippen molar-refractivity contribution in [1.82, 2.24) is 19.8 Å². The van der Waals surface area contributed by atoms with Crippen LogP contribution in [0.15, 0.2) is 42.5 Å². The van der Waals surface area contributed by atoms with Gasteiger partial charge in [0.25, 0.3) is 0 Å². The third-order valence-electron chi connectivity index (χ3n) is 6.06. The normalized spacial score (nSPS) is 17.7. The van der Waals surface area contributed by atoms with Crippen LogP contribution in [-0.2, 0) is 13.1 Å². The molecule has 0 saturated carbocycles. The minimum absolute atomic E-state index is 0.102. The molecule has 30 heavy (non-hydrogen) atoms. The number of benzene rings is 2. The Morgan fingerprint density at radius 1 is 0.933 bits per heavy atom. The lowest BCUT2D eigenvalue weighted by Crippen LogP contribution is -2.31. The number of aromatic nitrogens is 2. The van der Waals surface area contributed by atoms with Crippen LogP contribution in [0.4, 0.5) is 5.82 Å². The van der Waals surface area contributed by atoms with Crippen molar-refractivity contribution in [3.8, 4) is 0 Å². The monoisotopic (exact) mass is 401 g/mol. The van der Waals surface area contributed by atoms with Gasteiger partial charge >= 0.3 is 0 Å². The van der Waals surface area contributed by atoms with Gasteiger partial charge < -0.3 is 5.32 Å². The van der Waals surface area contributed by atoms with Crippen LogP contribution in [0.25, 0.3) is 10.9 Å². The highest BCUT2D eigenvalue weighted by atomic mass is 16.1. The quantitative estimate of drug-likeness (QED) is 0.724. The second kappa shape index (κ2) is 8.13. The first-order chi connectivity index (χ1) is 14.7. The first-order valence-electron chi connectivity index (χ1n) is 10.7. The van der Waals surface area contributed by atoms with Crippen molar-refractivity contribution < 1.29 is 4.79 Å². The third kappa shape index (κ3) is 3.93. The number of carbonyl (C=O) groups excluding carboxylic acids is 1. The lowest BCUT2D eigenvalue weighted by molar-refractivity contribution is 0.101. The van der Waals surface area contributed by atoms with Gasteiger partial charge in [-0.1, -0.05) is 42.0 Å². The molecule has 2 aromatic carbocycles. The second-order valence-corrected chi connectivity index (χ2v) is 8.36. The molecule has 6 heteroatoms. The second-order valence-electron chi connectivity index (χ2n) is 8.36. The van der Waals surface area contributed by atoms with E-state index in [0.29, 0.717) is 6.54 Å². The molecule has 0 atom stereocenters. The Morgan fingerprint density at radius 2 is 1.70 bits per heavy atom. The maximum Gasteiger partial charge on any atom is 0.182 e. The summed E-state index contributed by atoms with van der Waals surface area (Å²) in [6, 6.07) is 14.6. The summed E-state index contributed by atoms with van der Waals surface area (Å²) >= 11 is 0. The number of nitrogens with zero attached hydrogens (tertiary/aromatic N) is 4. The number of aryl methyl sites for hydroxylation is 1. The number of carbonyl (C=O) groups is 1. The summed E-state index contributed by atoms with van der Waals surface area (Å²) in [4.78, 5) is 26.7. The Hall–Kier alpha value is -2.83. The van der Waals surface area contributed by atoms with Crippen LogP contribution in [0.1, 0.15) is 33.7 Å². The molecule has 0 radical (unpaired) electrons. The number of Topliss-reactive ketones (excluding diaryl/α,β-unsaturated/α-hetero) is 1. The first-order valence-corrected chi connectivity index (χ1v) is 10.7. The predicted octanol–water partition coefficient (Wildman–Crippen LogP) is 3.25. The van der Waals surface area contributed by atoms with E-state index >= 15 is 0 Å². The van der Waals surface area contributed by atoms with Gasteiger partial charge in [-0.3, -0.25) is 14.6 Å². The molecule has 2 aliphatic heterocycles. The van der Waals surface area contributed by atoms with Crippen LogP contribution in [-0.4, -0.2) is 58.3 Å². The van der Waals surface area contributed by atoms with Gasteiger partial charge in [-0.05, 0) is 38.1 Å². The van der Waals surface area contributed by atoms with Crippen molar-refractivity contribution in [3.63, 3.8) is 0 Å². The molecular weight excluding hydrogens is 374 g/mol. The molecular formula is C24H27N5O. The molecule has 1 aromatic heterocycles. The van der Waals surface area contributed by atoms with Crippen LogP contribution in [0, 0.1) is 6.92 Å². The molecule has 5 rings (SSSR count). The zero-order chi connectivity index (χ0) is 20.5. The fraction of sp³-hybridized carbons (Fsp3) is 0.375. The number of anilines is 1. The summed E-state index contributed by atoms with van der Waals surface area (Å²) in [5.41, 5.74) is 4.27. The molecule has 6 nitrogen and oxygen atoms in total. The molecule has 3 aromatic rings. The molecule has 1 N–H and O–H groups in total. The van der Waals surface area contributed by atoms with E-state index in [-0.39, 0.29) is 5.78 Å². The SMILES string of the molecule is Cc1ccc(CN2CCCN(Cc3nc4c5c(cccc5n3)C(=O)CN4)CC2)cc1. The van der Waals surface area contributed by atoms with Gasteiger partial charge in [-0.25, -0.2) is 9.97 Å². The maximum atomic E-state index is 12.2. The van der Waals surface area contributed by atoms with E-state index in [4.69, 9.17) is 9.97 Å². The Bertz CT molecular complexity index is 1080. The van der Waals surface area contributed by atoms with Gasteiger partial charge in [-0.2, -0.15) is 0 Å². The summed E-state index contributed by atoms with van der Waals surface area (Å²) in [5, 5.41) is 4.04. The van der Waals surface area contributed by atoms with E-state index in [1.54, 1.807) is 0 Å². The fourth-order valence-corrected chi connectivity index (χ4v) is 4.41. The average Bonchev–Trinajstić information content (AvgIpc) is 2.97. The van der Waals surface area contributed by atoms with E-state index < -0.39 is 0 Å². The zero-order valence-electron chi connectivity index (χ0n) is 17.4. The van der Waals surface area contributed by atoms with E-state index in [1.807, 2.05) is 18.2 Å². The van der Waals surface area contributed by atoms with E-state index in [2.05, 4.69) is 46.3 Å². The fourth-order valence-electron chi connectivity index (χ4n) is 4.41. The van der Waals surface area contributed by atoms with Gasteiger partial charge in [0, 0.05) is 25.2 Å². The van der Waals surface area contributed by atoms with Crippen LogP contribution in [0.3, 0.4) is 0 Å². The summed E-state index contributed by atoms with van der Waals surface area (Å²) in [6.45, 7) is 8.39. The standard InChI is InChI=1S/C24H27N5O/c1-17-6-8-18(9-7-17)15-28-10-3-11-29(13-12-28)16-22-26-20-5-2-4-19-21(30)14-25-24(27-22)23(19)20/h2,4-9H,3,10-16H2,1H3,(H,25,26,27). The minimum atomic E-state index is 0.102. The molecule has 0 spiro atoms. The Kier molecular flexibility index (Phi) is 5.19. The van der Waals surface area contributed by atoms with Crippen molar-refractivity contribution >= 4 is 22.5 Å². The predicted molar refractivity (Wildman–Crippen MR) is 119 cm³/mol. The summed E-state index contributed by atoms with van der Waals surface area (Å²) in [5.74, 6) is 1.72. The molecule has 0 aliphatic carbocycles. The van der Waals surface area contributed by atoms with Gasteiger partial charge in [0.05, 0.1) is 24.0 Å². The number of hydrogen-bond donors (Lipinski definition) is 1. The van der Waals surface area contributed by atoms with Crippen molar-refractivity contribution in [2.75, 3.05) is 38.0 Å². The number of rotatable bonds is 4. The highest BCUT2D eigenvalue weighted by Gasteiger charge is 2.22. The van der Waals surface area contributed by atoms with Crippen LogP contribution >= 0.6 is 0 Å². The lowest BCUT2D eigenvalue weighted by Gasteiger charge is -2.22. The third-order valence-corrected chi connectivity index (χ3v) is 6.06. The molecule has 0 amide bonds. The van der Waals surface area contributed by atoms with Gasteiger partial charge in [-0.15, -0.1) is 0 Å². The lowest BCUT2D eigenvalue weighted by atomic mass is 10.0. The molecule has 1 saturated heterocycles. The largest absolute Gasteiger partial charge is 0.362 e. The van der Waals surface area contributed by atoms with Crippen LogP contribution < -0.4 is 5.32 Å². The smallest absolute Gasteiger partial charge is 0.182 e. The molecule has 3 heterocycles. The van der Waals surface area contributed by atoms with Crippen molar-refractivity contribution in [2.45, 2.75) is 26.4 Å². The molecule has 154 valence electrons. The topological polar surface area (TPSA) is 61.4 Å². The zero-order valence-corrected chi connectivity index (χ0v) is 17.4. The highest BCUT2D eigenvalue weighted by molar-refractivity contribution is 6.15. The van der Waals surface area contributed by atoms with E-state index in [9.17, 15) is 4.79 Å².